The number of carbonyl (C=O) groups excluding carboxylic acids is 1. The minimum atomic E-state index is -0.0375. The summed E-state index contributed by atoms with van der Waals surface area (Å²) in [6.07, 6.45) is 1.07. The Bertz CT molecular complexity index is 369. The summed E-state index contributed by atoms with van der Waals surface area (Å²) >= 11 is 3.39. The van der Waals surface area contributed by atoms with E-state index in [0.717, 1.165) is 15.8 Å². The van der Waals surface area contributed by atoms with Gasteiger partial charge in [-0.05, 0) is 30.2 Å². The largest absolute Gasteiger partial charge is 0.496 e. The zero-order valence-electron chi connectivity index (χ0n) is 9.34. The standard InChI is InChI=1S/C11H15BrN2O2/c1-13-14-11(15)6-3-8-7-9(12)4-5-10(8)16-2/h4-5,7,13H,3,6H2,1-2H3,(H,14,15). The van der Waals surface area contributed by atoms with E-state index in [2.05, 4.69) is 26.8 Å². The second-order valence-corrected chi connectivity index (χ2v) is 4.17. The van der Waals surface area contributed by atoms with E-state index in [0.29, 0.717) is 12.8 Å². The smallest absolute Gasteiger partial charge is 0.234 e. The van der Waals surface area contributed by atoms with Gasteiger partial charge in [0.2, 0.25) is 5.91 Å². The predicted molar refractivity (Wildman–Crippen MR) is 66.2 cm³/mol. The lowest BCUT2D eigenvalue weighted by Crippen LogP contribution is -2.34. The van der Waals surface area contributed by atoms with Gasteiger partial charge < -0.3 is 4.74 Å². The number of carbonyl (C=O) groups is 1. The van der Waals surface area contributed by atoms with Gasteiger partial charge in [-0.15, -0.1) is 0 Å². The molecular weight excluding hydrogens is 272 g/mol. The van der Waals surface area contributed by atoms with E-state index < -0.39 is 0 Å². The van der Waals surface area contributed by atoms with Gasteiger partial charge in [0.15, 0.2) is 0 Å². The molecule has 0 radical (unpaired) electrons. The molecule has 1 aromatic rings. The lowest BCUT2D eigenvalue weighted by Gasteiger charge is -2.08. The van der Waals surface area contributed by atoms with E-state index in [4.69, 9.17) is 4.74 Å². The summed E-state index contributed by atoms with van der Waals surface area (Å²) in [4.78, 5) is 11.3. The normalized spacial score (nSPS) is 9.94. The number of rotatable bonds is 5. The van der Waals surface area contributed by atoms with Gasteiger partial charge in [0, 0.05) is 17.9 Å². The number of hydrazine groups is 1. The molecule has 0 fully saturated rings. The fraction of sp³-hybridized carbons (Fsp3) is 0.364. The first kappa shape index (κ1) is 13.0. The molecule has 0 aromatic heterocycles. The van der Waals surface area contributed by atoms with Gasteiger partial charge in [0.25, 0.3) is 0 Å². The van der Waals surface area contributed by atoms with Crippen molar-refractivity contribution >= 4 is 21.8 Å². The third-order valence-electron chi connectivity index (χ3n) is 2.13. The maximum atomic E-state index is 11.3. The van der Waals surface area contributed by atoms with Crippen molar-refractivity contribution < 1.29 is 9.53 Å². The van der Waals surface area contributed by atoms with E-state index in [1.807, 2.05) is 18.2 Å². The van der Waals surface area contributed by atoms with Crippen LogP contribution in [0.4, 0.5) is 0 Å². The summed E-state index contributed by atoms with van der Waals surface area (Å²) in [6.45, 7) is 0. The Hall–Kier alpha value is -1.07. The van der Waals surface area contributed by atoms with Crippen LogP contribution in [0.5, 0.6) is 5.75 Å². The number of aryl methyl sites for hydroxylation is 1. The van der Waals surface area contributed by atoms with Gasteiger partial charge in [0.1, 0.15) is 5.75 Å². The van der Waals surface area contributed by atoms with Crippen molar-refractivity contribution in [1.29, 1.82) is 0 Å². The molecule has 1 aromatic carbocycles. The molecule has 88 valence electrons. The topological polar surface area (TPSA) is 50.4 Å². The molecule has 0 bridgehead atoms. The minimum absolute atomic E-state index is 0.0375. The average Bonchev–Trinajstić information content (AvgIpc) is 2.27. The summed E-state index contributed by atoms with van der Waals surface area (Å²) in [5.74, 6) is 0.769. The summed E-state index contributed by atoms with van der Waals surface area (Å²) in [7, 11) is 3.29. The molecule has 5 heteroatoms. The Morgan fingerprint density at radius 3 is 2.88 bits per heavy atom. The second kappa shape index (κ2) is 6.50. The van der Waals surface area contributed by atoms with E-state index in [1.165, 1.54) is 0 Å². The van der Waals surface area contributed by atoms with Crippen LogP contribution in [0, 0.1) is 0 Å². The molecule has 0 atom stereocenters. The first-order valence-corrected chi connectivity index (χ1v) is 5.74. The molecular formula is C11H15BrN2O2. The van der Waals surface area contributed by atoms with Crippen LogP contribution in [0.15, 0.2) is 22.7 Å². The molecule has 0 saturated carbocycles. The van der Waals surface area contributed by atoms with E-state index in [-0.39, 0.29) is 5.91 Å². The number of hydrogen-bond acceptors (Lipinski definition) is 3. The molecule has 0 aliphatic carbocycles. The Morgan fingerprint density at radius 1 is 1.50 bits per heavy atom. The summed E-state index contributed by atoms with van der Waals surface area (Å²) in [6, 6.07) is 5.76. The van der Waals surface area contributed by atoms with Crippen molar-refractivity contribution in [2.75, 3.05) is 14.2 Å². The summed E-state index contributed by atoms with van der Waals surface area (Å²) < 4.78 is 6.21. The Kier molecular flexibility index (Phi) is 5.28. The van der Waals surface area contributed by atoms with Crippen molar-refractivity contribution in [2.45, 2.75) is 12.8 Å². The fourth-order valence-electron chi connectivity index (χ4n) is 1.39. The number of benzene rings is 1. The molecule has 2 N–H and O–H groups in total. The molecule has 0 aliphatic heterocycles. The highest BCUT2D eigenvalue weighted by molar-refractivity contribution is 9.10. The van der Waals surface area contributed by atoms with Crippen LogP contribution in [0.3, 0.4) is 0 Å². The molecule has 0 saturated heterocycles. The molecule has 1 rings (SSSR count). The van der Waals surface area contributed by atoms with Crippen LogP contribution in [-0.4, -0.2) is 20.1 Å². The second-order valence-electron chi connectivity index (χ2n) is 3.25. The third kappa shape index (κ3) is 3.83. The first-order chi connectivity index (χ1) is 7.67. The van der Waals surface area contributed by atoms with Gasteiger partial charge in [-0.2, -0.15) is 0 Å². The number of amides is 1. The first-order valence-electron chi connectivity index (χ1n) is 4.95. The maximum Gasteiger partial charge on any atom is 0.234 e. The monoisotopic (exact) mass is 286 g/mol. The molecule has 0 spiro atoms. The maximum absolute atomic E-state index is 11.3. The van der Waals surface area contributed by atoms with Crippen LogP contribution in [0.2, 0.25) is 0 Å². The van der Waals surface area contributed by atoms with Crippen LogP contribution in [0.25, 0.3) is 0 Å². The number of nitrogens with one attached hydrogen (secondary N) is 2. The number of methoxy groups -OCH3 is 1. The van der Waals surface area contributed by atoms with Crippen molar-refractivity contribution in [3.63, 3.8) is 0 Å². The molecule has 0 aliphatic rings. The van der Waals surface area contributed by atoms with E-state index >= 15 is 0 Å². The van der Waals surface area contributed by atoms with Crippen molar-refractivity contribution in [1.82, 2.24) is 10.9 Å². The van der Waals surface area contributed by atoms with E-state index in [9.17, 15) is 4.79 Å². The molecule has 16 heavy (non-hydrogen) atoms. The fourth-order valence-corrected chi connectivity index (χ4v) is 1.80. The van der Waals surface area contributed by atoms with Crippen LogP contribution >= 0.6 is 15.9 Å². The van der Waals surface area contributed by atoms with Gasteiger partial charge in [0.05, 0.1) is 7.11 Å². The third-order valence-corrected chi connectivity index (χ3v) is 2.62. The number of ether oxygens (including phenoxy) is 1. The van der Waals surface area contributed by atoms with Crippen LogP contribution in [0.1, 0.15) is 12.0 Å². The average molecular weight is 287 g/mol. The van der Waals surface area contributed by atoms with E-state index in [1.54, 1.807) is 14.2 Å². The summed E-state index contributed by atoms with van der Waals surface area (Å²) in [5.41, 5.74) is 6.15. The highest BCUT2D eigenvalue weighted by Crippen LogP contribution is 2.23. The Balaban J connectivity index is 2.65. The van der Waals surface area contributed by atoms with Crippen LogP contribution < -0.4 is 15.6 Å². The minimum Gasteiger partial charge on any atom is -0.496 e. The SMILES string of the molecule is CNNC(=O)CCc1cc(Br)ccc1OC. The van der Waals surface area contributed by atoms with Gasteiger partial charge >= 0.3 is 0 Å². The predicted octanol–water partition coefficient (Wildman–Crippen LogP) is 1.64. The van der Waals surface area contributed by atoms with Crippen molar-refractivity contribution in [3.05, 3.63) is 28.2 Å². The quantitative estimate of drug-likeness (QED) is 0.809. The lowest BCUT2D eigenvalue weighted by molar-refractivity contribution is -0.121. The van der Waals surface area contributed by atoms with Gasteiger partial charge in [-0.25, -0.2) is 5.43 Å². The highest BCUT2D eigenvalue weighted by Gasteiger charge is 2.06. The van der Waals surface area contributed by atoms with Crippen molar-refractivity contribution in [2.24, 2.45) is 0 Å². The molecule has 0 heterocycles. The zero-order chi connectivity index (χ0) is 12.0. The zero-order valence-corrected chi connectivity index (χ0v) is 10.9. The molecule has 4 nitrogen and oxygen atoms in total. The number of halogens is 1. The Labute approximate surface area is 103 Å². The van der Waals surface area contributed by atoms with Crippen molar-refractivity contribution in [3.8, 4) is 5.75 Å². The molecule has 0 unspecified atom stereocenters. The van der Waals surface area contributed by atoms with Gasteiger partial charge in [-0.3, -0.25) is 10.2 Å². The molecule has 1 amide bonds. The summed E-state index contributed by atoms with van der Waals surface area (Å²) in [5, 5.41) is 0. The highest BCUT2D eigenvalue weighted by atomic mass is 79.9. The van der Waals surface area contributed by atoms with Gasteiger partial charge in [-0.1, -0.05) is 15.9 Å². The number of hydrogen-bond donors (Lipinski definition) is 2. The van der Waals surface area contributed by atoms with Crippen LogP contribution in [-0.2, 0) is 11.2 Å². The lowest BCUT2D eigenvalue weighted by atomic mass is 10.1. The Morgan fingerprint density at radius 2 is 2.25 bits per heavy atom.